The van der Waals surface area contributed by atoms with Gasteiger partial charge in [0.1, 0.15) is 5.76 Å². The lowest BCUT2D eigenvalue weighted by Crippen LogP contribution is -2.67. The van der Waals surface area contributed by atoms with Gasteiger partial charge in [-0.2, -0.15) is 0 Å². The molecule has 0 radical (unpaired) electrons. The molecule has 1 aliphatic heterocycles. The second-order valence-electron chi connectivity index (χ2n) is 16.7. The molecular weight excluding hydrogens is 468 g/mol. The first-order valence-corrected chi connectivity index (χ1v) is 15.7. The first-order chi connectivity index (χ1) is 17.8. The first kappa shape index (κ1) is 25.6. The van der Waals surface area contributed by atoms with Gasteiger partial charge in [0.05, 0.1) is 19.0 Å². The third kappa shape index (κ3) is 2.98. The Morgan fingerprint density at radius 2 is 1.63 bits per heavy atom. The molecule has 1 aromatic heterocycles. The quantitative estimate of drug-likeness (QED) is 0.349. The van der Waals surface area contributed by atoms with Crippen molar-refractivity contribution in [3.8, 4) is 0 Å². The average molecular weight is 519 g/mol. The van der Waals surface area contributed by atoms with Crippen molar-refractivity contribution in [2.75, 3.05) is 6.61 Å². The van der Waals surface area contributed by atoms with Crippen molar-refractivity contribution in [3.05, 3.63) is 29.7 Å². The summed E-state index contributed by atoms with van der Waals surface area (Å²) in [4.78, 5) is 13.9. The predicted octanol–water partition coefficient (Wildman–Crippen LogP) is 8.73. The van der Waals surface area contributed by atoms with Crippen LogP contribution >= 0.6 is 0 Å². The monoisotopic (exact) mass is 518 g/mol. The molecule has 7 rings (SSSR count). The molecule has 0 aromatic carbocycles. The van der Waals surface area contributed by atoms with E-state index in [9.17, 15) is 4.79 Å². The maximum atomic E-state index is 13.9. The molecule has 6 fully saturated rings. The highest BCUT2D eigenvalue weighted by atomic mass is 16.5. The van der Waals surface area contributed by atoms with Gasteiger partial charge in [-0.05, 0) is 132 Å². The van der Waals surface area contributed by atoms with E-state index < -0.39 is 0 Å². The third-order valence-electron chi connectivity index (χ3n) is 14.6. The van der Waals surface area contributed by atoms with Crippen LogP contribution in [0.2, 0.25) is 0 Å². The van der Waals surface area contributed by atoms with Crippen LogP contribution in [0.25, 0.3) is 6.08 Å². The lowest BCUT2D eigenvalue weighted by Gasteiger charge is -2.73. The van der Waals surface area contributed by atoms with Gasteiger partial charge >= 0.3 is 0 Å². The van der Waals surface area contributed by atoms with Gasteiger partial charge in [-0.15, -0.1) is 0 Å². The van der Waals surface area contributed by atoms with Crippen LogP contribution in [0.1, 0.15) is 112 Å². The molecule has 5 aliphatic carbocycles. The molecule has 1 aromatic rings. The molecule has 0 spiro atoms. The maximum Gasteiger partial charge on any atom is 0.164 e. The van der Waals surface area contributed by atoms with E-state index >= 15 is 0 Å². The summed E-state index contributed by atoms with van der Waals surface area (Å²) in [5, 5.41) is 0. The average Bonchev–Trinajstić information content (AvgIpc) is 3.47. The van der Waals surface area contributed by atoms with Gasteiger partial charge in [0.25, 0.3) is 0 Å². The van der Waals surface area contributed by atoms with Gasteiger partial charge in [0.15, 0.2) is 5.78 Å². The molecule has 0 unspecified atom stereocenters. The van der Waals surface area contributed by atoms with E-state index in [4.69, 9.17) is 9.15 Å². The Morgan fingerprint density at radius 3 is 2.37 bits per heavy atom. The maximum absolute atomic E-state index is 13.9. The van der Waals surface area contributed by atoms with Gasteiger partial charge in [0.2, 0.25) is 0 Å². The third-order valence-corrected chi connectivity index (χ3v) is 14.6. The molecule has 3 nitrogen and oxygen atoms in total. The Hall–Kier alpha value is -1.35. The molecule has 6 aliphatic rings. The Bertz CT molecular complexity index is 1170. The minimum atomic E-state index is -0.332. The zero-order valence-electron chi connectivity index (χ0n) is 25.0. The molecule has 5 saturated carbocycles. The molecule has 0 N–H and O–H groups in total. The number of furan rings is 1. The Kier molecular flexibility index (Phi) is 5.18. The normalized spacial score (nSPS) is 51.6. The number of hydrogen-bond donors (Lipinski definition) is 0. The van der Waals surface area contributed by atoms with Crippen LogP contribution in [-0.2, 0) is 9.53 Å². The Labute approximate surface area is 230 Å². The van der Waals surface area contributed by atoms with Crippen molar-refractivity contribution in [3.63, 3.8) is 0 Å². The number of rotatable bonds is 1. The molecule has 9 atom stereocenters. The van der Waals surface area contributed by atoms with Crippen LogP contribution in [0.5, 0.6) is 0 Å². The summed E-state index contributed by atoms with van der Waals surface area (Å²) in [6, 6.07) is 3.91. The van der Waals surface area contributed by atoms with Gasteiger partial charge in [-0.3, -0.25) is 4.79 Å². The molecule has 2 heterocycles. The van der Waals surface area contributed by atoms with Crippen molar-refractivity contribution >= 4 is 11.9 Å². The number of fused-ring (bicyclic) bond motifs is 5. The van der Waals surface area contributed by atoms with Crippen LogP contribution in [0.3, 0.4) is 0 Å². The zero-order valence-corrected chi connectivity index (χ0v) is 25.0. The van der Waals surface area contributed by atoms with Gasteiger partial charge in [-0.25, -0.2) is 0 Å². The summed E-state index contributed by atoms with van der Waals surface area (Å²) in [6.45, 7) is 18.4. The lowest BCUT2D eigenvalue weighted by molar-refractivity contribution is -0.236. The largest absolute Gasteiger partial charge is 0.465 e. The molecule has 2 bridgehead atoms. The van der Waals surface area contributed by atoms with E-state index in [1.807, 2.05) is 12.1 Å². The summed E-state index contributed by atoms with van der Waals surface area (Å²) in [5.74, 6) is 3.74. The number of hydrogen-bond acceptors (Lipinski definition) is 3. The minimum absolute atomic E-state index is 0.132. The lowest BCUT2D eigenvalue weighted by atomic mass is 9.31. The highest BCUT2D eigenvalue weighted by Gasteiger charge is 2.73. The SMILES string of the molecule is CC1(C)CC[C@]23CC[C@]4(C)[C@H](CC[C@@H]5[C@@]6(C)C/C(=C/c7ccco7)C(=O)C(C)(C)[C@@H]6CC[C@]54C)[C@H]2[C@H]1OC3. The van der Waals surface area contributed by atoms with E-state index in [-0.39, 0.29) is 10.8 Å². The smallest absolute Gasteiger partial charge is 0.164 e. The molecule has 38 heavy (non-hydrogen) atoms. The van der Waals surface area contributed by atoms with Crippen molar-refractivity contribution in [1.82, 2.24) is 0 Å². The van der Waals surface area contributed by atoms with Crippen molar-refractivity contribution < 1.29 is 13.9 Å². The van der Waals surface area contributed by atoms with Crippen molar-refractivity contribution in [2.45, 2.75) is 112 Å². The summed E-state index contributed by atoms with van der Waals surface area (Å²) in [5.41, 5.74) is 2.16. The van der Waals surface area contributed by atoms with Crippen LogP contribution in [0.4, 0.5) is 0 Å². The number of ketones is 1. The molecule has 3 heteroatoms. The van der Waals surface area contributed by atoms with E-state index in [2.05, 4.69) is 54.5 Å². The van der Waals surface area contributed by atoms with E-state index in [0.29, 0.717) is 45.4 Å². The fraction of sp³-hybridized carbons (Fsp3) is 0.800. The summed E-state index contributed by atoms with van der Waals surface area (Å²) < 4.78 is 12.4. The highest BCUT2D eigenvalue weighted by Crippen LogP contribution is 2.78. The predicted molar refractivity (Wildman–Crippen MR) is 151 cm³/mol. The molecule has 1 saturated heterocycles. The second-order valence-corrected chi connectivity index (χ2v) is 16.7. The minimum Gasteiger partial charge on any atom is -0.465 e. The fourth-order valence-electron chi connectivity index (χ4n) is 12.5. The number of ether oxygens (including phenoxy) is 1. The summed E-state index contributed by atoms with van der Waals surface area (Å²) in [6.07, 6.45) is 15.6. The summed E-state index contributed by atoms with van der Waals surface area (Å²) in [7, 11) is 0. The topological polar surface area (TPSA) is 39.4 Å². The first-order valence-electron chi connectivity index (χ1n) is 15.7. The zero-order chi connectivity index (χ0) is 26.9. The van der Waals surface area contributed by atoms with E-state index in [1.54, 1.807) is 6.26 Å². The van der Waals surface area contributed by atoms with Crippen LogP contribution in [0.15, 0.2) is 28.4 Å². The molecule has 208 valence electrons. The number of allylic oxidation sites excluding steroid dienone is 1. The summed E-state index contributed by atoms with van der Waals surface area (Å²) >= 11 is 0. The van der Waals surface area contributed by atoms with Crippen molar-refractivity contribution in [2.24, 2.45) is 56.2 Å². The molecule has 0 amide bonds. The fourth-order valence-corrected chi connectivity index (χ4v) is 12.5. The molecular formula is C35H50O3. The Morgan fingerprint density at radius 1 is 0.868 bits per heavy atom. The van der Waals surface area contributed by atoms with Gasteiger partial charge in [0, 0.05) is 5.41 Å². The van der Waals surface area contributed by atoms with Gasteiger partial charge < -0.3 is 9.15 Å². The number of carbonyl (C=O) groups is 1. The van der Waals surface area contributed by atoms with Crippen LogP contribution < -0.4 is 0 Å². The Balaban J connectivity index is 1.29. The van der Waals surface area contributed by atoms with Crippen molar-refractivity contribution in [1.29, 1.82) is 0 Å². The second kappa shape index (κ2) is 7.68. The van der Waals surface area contributed by atoms with E-state index in [1.165, 1.54) is 51.4 Å². The van der Waals surface area contributed by atoms with E-state index in [0.717, 1.165) is 36.2 Å². The number of carbonyl (C=O) groups excluding carboxylic acids is 1. The van der Waals surface area contributed by atoms with Gasteiger partial charge in [-0.1, -0.05) is 48.5 Å². The highest BCUT2D eigenvalue weighted by molar-refractivity contribution is 6.04. The van der Waals surface area contributed by atoms with Crippen LogP contribution in [-0.4, -0.2) is 18.5 Å². The standard InChI is InChI=1S/C35H50O3/c1-30(2)14-16-35-17-15-33(6)24(27(35)29(30)38-21-35)10-11-26-32(5)20-22(19-23-9-8-18-37-23)28(36)31(3,4)25(32)12-13-34(26,33)7/h8-9,18-19,24-27,29H,10-17,20-21H2,1-7H3/b22-19-/t24-,25+,26-,27+,29-,32+,33-,34-,35-/m1/s1. The van der Waals surface area contributed by atoms with Crippen LogP contribution in [0, 0.1) is 56.2 Å². The number of Topliss-reactive ketones (excluding diaryl/α,β-unsaturated/α-hetero) is 1.